The third-order valence-electron chi connectivity index (χ3n) is 5.28. The molecule has 3 rings (SSSR count). The number of aliphatic imine (C=N–C) groups is 1. The molecule has 1 heterocycles. The molecule has 32 heavy (non-hydrogen) atoms. The predicted octanol–water partition coefficient (Wildman–Crippen LogP) is 3.23. The van der Waals surface area contributed by atoms with E-state index in [1.165, 1.54) is 5.56 Å². The van der Waals surface area contributed by atoms with Crippen molar-refractivity contribution in [3.63, 3.8) is 0 Å². The first-order chi connectivity index (χ1) is 15.2. The van der Waals surface area contributed by atoms with Crippen LogP contribution in [0.3, 0.4) is 0 Å². The van der Waals surface area contributed by atoms with Crippen LogP contribution in [-0.2, 0) is 17.8 Å². The van der Waals surface area contributed by atoms with Crippen LogP contribution in [0.15, 0.2) is 53.5 Å². The van der Waals surface area contributed by atoms with E-state index in [9.17, 15) is 0 Å². The molecule has 7 nitrogen and oxygen atoms in total. The molecule has 1 aliphatic rings. The van der Waals surface area contributed by atoms with Crippen LogP contribution in [0.5, 0.6) is 11.5 Å². The van der Waals surface area contributed by atoms with Crippen molar-refractivity contribution in [2.45, 2.75) is 13.1 Å². The molecule has 1 aliphatic heterocycles. The van der Waals surface area contributed by atoms with Gasteiger partial charge in [0, 0.05) is 46.8 Å². The maximum absolute atomic E-state index is 5.97. The smallest absolute Gasteiger partial charge is 0.193 e. The van der Waals surface area contributed by atoms with Crippen molar-refractivity contribution in [2.75, 3.05) is 60.7 Å². The number of morpholine rings is 1. The average molecular weight is 554 g/mol. The van der Waals surface area contributed by atoms with Gasteiger partial charge in [-0.2, -0.15) is 0 Å². The topological polar surface area (TPSA) is 58.6 Å². The van der Waals surface area contributed by atoms with Crippen LogP contribution in [0.25, 0.3) is 0 Å². The molecule has 0 aliphatic carbocycles. The monoisotopic (exact) mass is 554 g/mol. The number of nitrogens with zero attached hydrogens (tertiary/aromatic N) is 3. The molecule has 0 atom stereocenters. The standard InChI is InChI=1S/C24H34N4O3.HI/c1-25-24(27(2)19-20-7-9-22(29-3)10-8-20)26-18-21-5-4-6-23(17-21)31-16-13-28-11-14-30-15-12-28;/h4-10,17H,11-16,18-19H2,1-3H3,(H,25,26);1H. The highest BCUT2D eigenvalue weighted by molar-refractivity contribution is 14.0. The van der Waals surface area contributed by atoms with Crippen molar-refractivity contribution in [1.29, 1.82) is 0 Å². The lowest BCUT2D eigenvalue weighted by Gasteiger charge is -2.26. The van der Waals surface area contributed by atoms with Crippen LogP contribution in [0, 0.1) is 0 Å². The first kappa shape index (κ1) is 26.2. The van der Waals surface area contributed by atoms with Crippen LogP contribution in [0.2, 0.25) is 0 Å². The highest BCUT2D eigenvalue weighted by Gasteiger charge is 2.10. The van der Waals surface area contributed by atoms with Gasteiger partial charge >= 0.3 is 0 Å². The molecular formula is C24H35IN4O3. The molecule has 8 heteroatoms. The van der Waals surface area contributed by atoms with Crippen LogP contribution >= 0.6 is 24.0 Å². The van der Waals surface area contributed by atoms with Gasteiger partial charge in [-0.3, -0.25) is 9.89 Å². The van der Waals surface area contributed by atoms with Gasteiger partial charge in [0.15, 0.2) is 5.96 Å². The largest absolute Gasteiger partial charge is 0.497 e. The molecule has 0 aromatic heterocycles. The molecule has 0 saturated carbocycles. The Morgan fingerprint density at radius 3 is 2.53 bits per heavy atom. The van der Waals surface area contributed by atoms with E-state index in [0.717, 1.165) is 62.4 Å². The summed E-state index contributed by atoms with van der Waals surface area (Å²) >= 11 is 0. The Morgan fingerprint density at radius 1 is 1.09 bits per heavy atom. The Kier molecular flexibility index (Phi) is 11.6. The van der Waals surface area contributed by atoms with E-state index < -0.39 is 0 Å². The third kappa shape index (κ3) is 8.48. The number of nitrogens with one attached hydrogen (secondary N) is 1. The van der Waals surface area contributed by atoms with Crippen molar-refractivity contribution in [2.24, 2.45) is 4.99 Å². The summed E-state index contributed by atoms with van der Waals surface area (Å²) < 4.78 is 16.6. The molecule has 0 amide bonds. The Labute approximate surface area is 208 Å². The maximum Gasteiger partial charge on any atom is 0.193 e. The average Bonchev–Trinajstić information content (AvgIpc) is 2.81. The van der Waals surface area contributed by atoms with Gasteiger partial charge in [0.25, 0.3) is 0 Å². The summed E-state index contributed by atoms with van der Waals surface area (Å²) in [5.74, 6) is 2.60. The summed E-state index contributed by atoms with van der Waals surface area (Å²) in [6.45, 7) is 6.64. The molecule has 2 aromatic rings. The first-order valence-corrected chi connectivity index (χ1v) is 10.7. The highest BCUT2D eigenvalue weighted by Crippen LogP contribution is 2.15. The first-order valence-electron chi connectivity index (χ1n) is 10.7. The fourth-order valence-corrected chi connectivity index (χ4v) is 3.51. The summed E-state index contributed by atoms with van der Waals surface area (Å²) in [6.07, 6.45) is 0. The lowest BCUT2D eigenvalue weighted by molar-refractivity contribution is 0.0322. The molecule has 176 valence electrons. The Bertz CT molecular complexity index is 826. The van der Waals surface area contributed by atoms with Gasteiger partial charge in [0.2, 0.25) is 0 Å². The number of halogens is 1. The van der Waals surface area contributed by atoms with E-state index in [-0.39, 0.29) is 24.0 Å². The SMILES string of the molecule is CN=C(NCc1cccc(OCCN2CCOCC2)c1)N(C)Cc1ccc(OC)cc1.I. The Morgan fingerprint density at radius 2 is 1.84 bits per heavy atom. The fraction of sp³-hybridized carbons (Fsp3) is 0.458. The maximum atomic E-state index is 5.97. The van der Waals surface area contributed by atoms with Crippen LogP contribution in [0.1, 0.15) is 11.1 Å². The van der Waals surface area contributed by atoms with Gasteiger partial charge in [-0.1, -0.05) is 24.3 Å². The number of ether oxygens (including phenoxy) is 3. The molecule has 1 N–H and O–H groups in total. The Balaban J connectivity index is 0.00000363. The molecule has 0 spiro atoms. The number of hydrogen-bond donors (Lipinski definition) is 1. The number of hydrogen-bond acceptors (Lipinski definition) is 5. The minimum absolute atomic E-state index is 0. The summed E-state index contributed by atoms with van der Waals surface area (Å²) in [5, 5.41) is 3.44. The van der Waals surface area contributed by atoms with Crippen LogP contribution < -0.4 is 14.8 Å². The second-order valence-electron chi connectivity index (χ2n) is 7.55. The summed E-state index contributed by atoms with van der Waals surface area (Å²) in [6, 6.07) is 16.3. The molecule has 1 fully saturated rings. The quantitative estimate of drug-likeness (QED) is 0.292. The zero-order chi connectivity index (χ0) is 21.9. The molecular weight excluding hydrogens is 519 g/mol. The lowest BCUT2D eigenvalue weighted by Crippen LogP contribution is -2.38. The zero-order valence-corrected chi connectivity index (χ0v) is 21.6. The number of methoxy groups -OCH3 is 1. The predicted molar refractivity (Wildman–Crippen MR) is 139 cm³/mol. The molecule has 2 aromatic carbocycles. The van der Waals surface area contributed by atoms with Gasteiger partial charge < -0.3 is 24.4 Å². The van der Waals surface area contributed by atoms with Crippen LogP contribution in [0.4, 0.5) is 0 Å². The van der Waals surface area contributed by atoms with Crippen molar-refractivity contribution >= 4 is 29.9 Å². The number of benzene rings is 2. The van der Waals surface area contributed by atoms with Crippen molar-refractivity contribution in [3.05, 3.63) is 59.7 Å². The van der Waals surface area contributed by atoms with Crippen molar-refractivity contribution in [3.8, 4) is 11.5 Å². The van der Waals surface area contributed by atoms with E-state index in [1.54, 1.807) is 14.2 Å². The van der Waals surface area contributed by atoms with Gasteiger partial charge in [-0.15, -0.1) is 24.0 Å². The van der Waals surface area contributed by atoms with Gasteiger partial charge in [-0.25, -0.2) is 0 Å². The van der Waals surface area contributed by atoms with E-state index in [0.29, 0.717) is 13.2 Å². The number of guanidine groups is 1. The summed E-state index contributed by atoms with van der Waals surface area (Å²) in [5.41, 5.74) is 2.35. The summed E-state index contributed by atoms with van der Waals surface area (Å²) in [7, 11) is 5.51. The van der Waals surface area contributed by atoms with Gasteiger partial charge in [0.05, 0.1) is 20.3 Å². The molecule has 0 bridgehead atoms. The minimum atomic E-state index is 0. The highest BCUT2D eigenvalue weighted by atomic mass is 127. The second kappa shape index (κ2) is 14.2. The van der Waals surface area contributed by atoms with Crippen molar-refractivity contribution in [1.82, 2.24) is 15.1 Å². The second-order valence-corrected chi connectivity index (χ2v) is 7.55. The third-order valence-corrected chi connectivity index (χ3v) is 5.28. The van der Waals surface area contributed by atoms with Gasteiger partial charge in [-0.05, 0) is 35.4 Å². The van der Waals surface area contributed by atoms with E-state index in [2.05, 4.69) is 44.4 Å². The zero-order valence-electron chi connectivity index (χ0n) is 19.3. The lowest BCUT2D eigenvalue weighted by atomic mass is 10.2. The molecule has 1 saturated heterocycles. The van der Waals surface area contributed by atoms with Gasteiger partial charge in [0.1, 0.15) is 18.1 Å². The summed E-state index contributed by atoms with van der Waals surface area (Å²) in [4.78, 5) is 8.89. The Hall–Kier alpha value is -2.04. The molecule has 0 radical (unpaired) electrons. The van der Waals surface area contributed by atoms with E-state index >= 15 is 0 Å². The van der Waals surface area contributed by atoms with Crippen molar-refractivity contribution < 1.29 is 14.2 Å². The van der Waals surface area contributed by atoms with Crippen LogP contribution in [-0.4, -0.2) is 76.4 Å². The van der Waals surface area contributed by atoms with E-state index in [1.807, 2.05) is 31.3 Å². The van der Waals surface area contributed by atoms with E-state index in [4.69, 9.17) is 14.2 Å². The normalized spacial score (nSPS) is 14.4. The fourth-order valence-electron chi connectivity index (χ4n) is 3.51. The minimum Gasteiger partial charge on any atom is -0.497 e. The number of rotatable bonds is 9. The molecule has 0 unspecified atom stereocenters.